The summed E-state index contributed by atoms with van der Waals surface area (Å²) in [4.78, 5) is 19.0. The van der Waals surface area contributed by atoms with Gasteiger partial charge in [-0.3, -0.25) is 9.89 Å². The number of pyridine rings is 1. The van der Waals surface area contributed by atoms with Gasteiger partial charge in [-0.25, -0.2) is 4.98 Å². The standard InChI is InChI=1S/C26H26F3N5O2/c1-34(2)10-9-30-25(36)15-5-3-14(4-6-15)23-18-11-16(35)7-8-17(18)22-19-13-31-33-21(19)12-20(24(22)32-23)26(27,28)29/h3-6,12-13,16,35H,7-11H2,1-2H3,(H,30,36)(H,31,33). The molecule has 1 amide bonds. The van der Waals surface area contributed by atoms with Crippen LogP contribution in [-0.4, -0.2) is 64.4 Å². The number of aromatic amines is 1. The molecule has 1 aliphatic carbocycles. The van der Waals surface area contributed by atoms with E-state index in [9.17, 15) is 23.1 Å². The molecule has 2 heterocycles. The van der Waals surface area contributed by atoms with E-state index in [1.807, 2.05) is 19.0 Å². The highest BCUT2D eigenvalue weighted by molar-refractivity contribution is 6.09. The quantitative estimate of drug-likeness (QED) is 0.388. The molecule has 1 aliphatic rings. The number of carbonyl (C=O) groups is 1. The number of hydrogen-bond donors (Lipinski definition) is 3. The predicted octanol–water partition coefficient (Wildman–Crippen LogP) is 3.94. The van der Waals surface area contributed by atoms with E-state index in [0.717, 1.165) is 17.2 Å². The van der Waals surface area contributed by atoms with Crippen molar-refractivity contribution >= 4 is 27.7 Å². The largest absolute Gasteiger partial charge is 0.418 e. The molecule has 36 heavy (non-hydrogen) atoms. The molecule has 2 aromatic heterocycles. The van der Waals surface area contributed by atoms with E-state index in [-0.39, 0.29) is 17.8 Å². The number of rotatable bonds is 5. The molecule has 5 rings (SSSR count). The number of likely N-dealkylation sites (N-methyl/N-ethyl adjacent to an activating group) is 1. The number of alkyl halides is 3. The molecule has 0 radical (unpaired) electrons. The molecule has 3 N–H and O–H groups in total. The van der Waals surface area contributed by atoms with Crippen LogP contribution in [0.4, 0.5) is 13.2 Å². The van der Waals surface area contributed by atoms with Crippen molar-refractivity contribution < 1.29 is 23.1 Å². The first-order chi connectivity index (χ1) is 17.1. The number of carbonyl (C=O) groups excluding carboxylic acids is 1. The van der Waals surface area contributed by atoms with E-state index in [0.29, 0.717) is 59.0 Å². The Morgan fingerprint density at radius 1 is 1.22 bits per heavy atom. The van der Waals surface area contributed by atoms with Crippen molar-refractivity contribution in [1.82, 2.24) is 25.4 Å². The number of aliphatic hydroxyl groups is 1. The molecular weight excluding hydrogens is 471 g/mol. The van der Waals surface area contributed by atoms with Crippen LogP contribution in [0.3, 0.4) is 0 Å². The number of fused-ring (bicyclic) bond motifs is 5. The third-order valence-electron chi connectivity index (χ3n) is 6.63. The van der Waals surface area contributed by atoms with Crippen LogP contribution in [0.5, 0.6) is 0 Å². The maximum atomic E-state index is 14.1. The Labute approximate surface area is 205 Å². The van der Waals surface area contributed by atoms with Crippen LogP contribution in [0.2, 0.25) is 0 Å². The molecule has 0 fully saturated rings. The summed E-state index contributed by atoms with van der Waals surface area (Å²) in [5.41, 5.74) is 2.24. The second kappa shape index (κ2) is 9.18. The molecule has 10 heteroatoms. The minimum atomic E-state index is -4.61. The van der Waals surface area contributed by atoms with Gasteiger partial charge < -0.3 is 15.3 Å². The minimum Gasteiger partial charge on any atom is -0.393 e. The summed E-state index contributed by atoms with van der Waals surface area (Å²) in [7, 11) is 3.83. The first-order valence-electron chi connectivity index (χ1n) is 11.7. The van der Waals surface area contributed by atoms with Gasteiger partial charge in [-0.1, -0.05) is 12.1 Å². The summed E-state index contributed by atoms with van der Waals surface area (Å²) in [6.45, 7) is 1.19. The molecule has 2 aromatic carbocycles. The van der Waals surface area contributed by atoms with Crippen LogP contribution in [0.15, 0.2) is 36.5 Å². The van der Waals surface area contributed by atoms with Crippen LogP contribution in [0.1, 0.15) is 33.5 Å². The normalized spacial score (nSPS) is 16.0. The van der Waals surface area contributed by atoms with E-state index in [1.54, 1.807) is 24.3 Å². The van der Waals surface area contributed by atoms with Crippen LogP contribution in [-0.2, 0) is 19.0 Å². The Bertz CT molecular complexity index is 1440. The van der Waals surface area contributed by atoms with E-state index in [2.05, 4.69) is 20.5 Å². The topological polar surface area (TPSA) is 94.1 Å². The fourth-order valence-corrected chi connectivity index (χ4v) is 4.85. The number of aryl methyl sites for hydroxylation is 1. The maximum absolute atomic E-state index is 14.1. The Kier molecular flexibility index (Phi) is 6.17. The Hall–Kier alpha value is -3.50. The van der Waals surface area contributed by atoms with E-state index in [1.165, 1.54) is 6.20 Å². The van der Waals surface area contributed by atoms with Crippen LogP contribution in [0.25, 0.3) is 33.1 Å². The van der Waals surface area contributed by atoms with Gasteiger partial charge in [0.05, 0.1) is 34.6 Å². The zero-order valence-corrected chi connectivity index (χ0v) is 19.9. The number of amides is 1. The number of nitrogens with one attached hydrogen (secondary N) is 2. The molecule has 0 spiro atoms. The van der Waals surface area contributed by atoms with E-state index in [4.69, 9.17) is 0 Å². The van der Waals surface area contributed by atoms with Crippen molar-refractivity contribution in [2.24, 2.45) is 0 Å². The van der Waals surface area contributed by atoms with Crippen molar-refractivity contribution in [1.29, 1.82) is 0 Å². The Morgan fingerprint density at radius 2 is 1.97 bits per heavy atom. The highest BCUT2D eigenvalue weighted by atomic mass is 19.4. The smallest absolute Gasteiger partial charge is 0.393 e. The summed E-state index contributed by atoms with van der Waals surface area (Å²) < 4.78 is 42.3. The van der Waals surface area contributed by atoms with E-state index >= 15 is 0 Å². The highest BCUT2D eigenvalue weighted by Gasteiger charge is 2.36. The fraction of sp³-hybridized carbons (Fsp3) is 0.346. The summed E-state index contributed by atoms with van der Waals surface area (Å²) in [6, 6.07) is 7.72. The van der Waals surface area contributed by atoms with Crippen molar-refractivity contribution in [3.05, 3.63) is 58.8 Å². The molecular formula is C26H26F3N5O2. The monoisotopic (exact) mass is 497 g/mol. The second-order valence-corrected chi connectivity index (χ2v) is 9.43. The van der Waals surface area contributed by atoms with Gasteiger partial charge in [0, 0.05) is 41.4 Å². The molecule has 4 aromatic rings. The number of benzene rings is 2. The van der Waals surface area contributed by atoms with Gasteiger partial charge in [0.15, 0.2) is 0 Å². The average Bonchev–Trinajstić information content (AvgIpc) is 3.30. The number of aliphatic hydroxyl groups excluding tert-OH is 1. The number of aromatic nitrogens is 3. The minimum absolute atomic E-state index is 0.132. The molecule has 0 aliphatic heterocycles. The SMILES string of the molecule is CN(C)CCNC(=O)c1ccc(-c2nc3c(C(F)(F)F)cc4[nH]ncc4c3c3c2CC(O)CC3)cc1. The van der Waals surface area contributed by atoms with Gasteiger partial charge in [0.25, 0.3) is 5.91 Å². The number of hydrogen-bond acceptors (Lipinski definition) is 5. The lowest BCUT2D eigenvalue weighted by Gasteiger charge is -2.26. The van der Waals surface area contributed by atoms with Crippen molar-refractivity contribution in [2.75, 3.05) is 27.2 Å². The van der Waals surface area contributed by atoms with Gasteiger partial charge in [-0.15, -0.1) is 0 Å². The molecule has 1 atom stereocenters. The van der Waals surface area contributed by atoms with Gasteiger partial charge >= 0.3 is 6.18 Å². The number of nitrogens with zero attached hydrogens (tertiary/aromatic N) is 3. The second-order valence-electron chi connectivity index (χ2n) is 9.43. The molecule has 0 bridgehead atoms. The zero-order chi connectivity index (χ0) is 25.6. The Balaban J connectivity index is 1.65. The summed E-state index contributed by atoms with van der Waals surface area (Å²) in [5, 5.41) is 20.9. The average molecular weight is 498 g/mol. The predicted molar refractivity (Wildman–Crippen MR) is 131 cm³/mol. The third kappa shape index (κ3) is 4.42. The lowest BCUT2D eigenvalue weighted by molar-refractivity contribution is -0.136. The van der Waals surface area contributed by atoms with Gasteiger partial charge in [0.2, 0.25) is 0 Å². The number of H-pyrrole nitrogens is 1. The van der Waals surface area contributed by atoms with Gasteiger partial charge in [-0.2, -0.15) is 18.3 Å². The van der Waals surface area contributed by atoms with Crippen molar-refractivity contribution in [3.63, 3.8) is 0 Å². The van der Waals surface area contributed by atoms with Gasteiger partial charge in [-0.05, 0) is 56.3 Å². The lowest BCUT2D eigenvalue weighted by Crippen LogP contribution is -2.31. The van der Waals surface area contributed by atoms with Gasteiger partial charge in [0.1, 0.15) is 0 Å². The van der Waals surface area contributed by atoms with Crippen LogP contribution in [0, 0.1) is 0 Å². The Morgan fingerprint density at radius 3 is 2.67 bits per heavy atom. The maximum Gasteiger partial charge on any atom is 0.418 e. The molecule has 0 saturated carbocycles. The molecule has 1 unspecified atom stereocenters. The third-order valence-corrected chi connectivity index (χ3v) is 6.63. The zero-order valence-electron chi connectivity index (χ0n) is 19.9. The van der Waals surface area contributed by atoms with E-state index < -0.39 is 17.8 Å². The first kappa shape index (κ1) is 24.2. The van der Waals surface area contributed by atoms with Crippen LogP contribution >= 0.6 is 0 Å². The molecule has 188 valence electrons. The van der Waals surface area contributed by atoms with Crippen LogP contribution < -0.4 is 5.32 Å². The lowest BCUT2D eigenvalue weighted by atomic mass is 9.83. The highest BCUT2D eigenvalue weighted by Crippen LogP contribution is 2.43. The summed E-state index contributed by atoms with van der Waals surface area (Å²) in [5.74, 6) is -0.228. The van der Waals surface area contributed by atoms with Crippen molar-refractivity contribution in [2.45, 2.75) is 31.5 Å². The fourth-order valence-electron chi connectivity index (χ4n) is 4.85. The molecule has 0 saturated heterocycles. The summed E-state index contributed by atoms with van der Waals surface area (Å²) in [6.07, 6.45) is -2.53. The number of halogens is 3. The molecule has 7 nitrogen and oxygen atoms in total. The van der Waals surface area contributed by atoms with Crippen molar-refractivity contribution in [3.8, 4) is 11.3 Å². The summed E-state index contributed by atoms with van der Waals surface area (Å²) >= 11 is 0. The first-order valence-corrected chi connectivity index (χ1v) is 11.7.